The number of nitrogens with zero attached hydrogens (tertiary/aromatic N) is 4. The van der Waals surface area contributed by atoms with Crippen molar-refractivity contribution in [2.24, 2.45) is 0 Å². The van der Waals surface area contributed by atoms with Crippen molar-refractivity contribution in [1.82, 2.24) is 24.8 Å². The SMILES string of the molecule is CCC(C)(C)OC(=O)N1CCCC1C(=O)NCCn1ccc2ncnc(Nc3ccc(Oc4cccc(C(F)(F)F)c4)c(C)c3)c21. The van der Waals surface area contributed by atoms with Gasteiger partial charge in [0.05, 0.1) is 11.1 Å². The minimum absolute atomic E-state index is 0.0853. The molecule has 5 rings (SSSR count). The lowest BCUT2D eigenvalue weighted by Gasteiger charge is -2.29. The summed E-state index contributed by atoms with van der Waals surface area (Å²) in [6, 6.07) is 11.2. The largest absolute Gasteiger partial charge is 0.457 e. The second-order valence-corrected chi connectivity index (χ2v) is 11.8. The topological polar surface area (TPSA) is 111 Å². The Hall–Kier alpha value is -4.81. The van der Waals surface area contributed by atoms with Crippen LogP contribution in [-0.2, 0) is 22.3 Å². The Morgan fingerprint density at radius 1 is 1.09 bits per heavy atom. The van der Waals surface area contributed by atoms with Crippen LogP contribution in [0.25, 0.3) is 11.0 Å². The molecule has 3 heterocycles. The van der Waals surface area contributed by atoms with Crippen LogP contribution in [0.1, 0.15) is 51.2 Å². The van der Waals surface area contributed by atoms with E-state index in [-0.39, 0.29) is 11.7 Å². The molecule has 0 spiro atoms. The van der Waals surface area contributed by atoms with Gasteiger partial charge in [-0.2, -0.15) is 13.2 Å². The van der Waals surface area contributed by atoms with Crippen molar-refractivity contribution in [3.63, 3.8) is 0 Å². The van der Waals surface area contributed by atoms with Gasteiger partial charge in [-0.15, -0.1) is 0 Å². The molecule has 1 aliphatic heterocycles. The molecule has 0 radical (unpaired) electrons. The highest BCUT2D eigenvalue weighted by atomic mass is 19.4. The fourth-order valence-corrected chi connectivity index (χ4v) is 5.19. The van der Waals surface area contributed by atoms with E-state index in [2.05, 4.69) is 20.6 Å². The van der Waals surface area contributed by atoms with Crippen LogP contribution >= 0.6 is 0 Å². The number of halogens is 3. The van der Waals surface area contributed by atoms with E-state index in [1.54, 1.807) is 19.1 Å². The van der Waals surface area contributed by atoms with Gasteiger partial charge >= 0.3 is 12.3 Å². The second kappa shape index (κ2) is 13.3. The fraction of sp³-hybridized carbons (Fsp3) is 0.394. The summed E-state index contributed by atoms with van der Waals surface area (Å²) in [5.74, 6) is 0.815. The molecule has 0 aliphatic carbocycles. The third kappa shape index (κ3) is 7.52. The molecule has 2 aromatic heterocycles. The summed E-state index contributed by atoms with van der Waals surface area (Å²) in [4.78, 5) is 36.1. The molecule has 10 nitrogen and oxygen atoms in total. The number of amides is 2. The highest BCUT2D eigenvalue weighted by Crippen LogP contribution is 2.34. The van der Waals surface area contributed by atoms with Crippen molar-refractivity contribution >= 4 is 34.5 Å². The molecule has 13 heteroatoms. The number of nitrogens with one attached hydrogen (secondary N) is 2. The van der Waals surface area contributed by atoms with Crippen molar-refractivity contribution in [1.29, 1.82) is 0 Å². The van der Waals surface area contributed by atoms with E-state index in [0.717, 1.165) is 24.1 Å². The van der Waals surface area contributed by atoms with Gasteiger partial charge in [0, 0.05) is 31.5 Å². The lowest BCUT2D eigenvalue weighted by atomic mass is 10.1. The van der Waals surface area contributed by atoms with Crippen LogP contribution in [0, 0.1) is 6.92 Å². The lowest BCUT2D eigenvalue weighted by Crippen LogP contribution is -2.48. The highest BCUT2D eigenvalue weighted by molar-refractivity contribution is 5.88. The van der Waals surface area contributed by atoms with Gasteiger partial charge in [-0.05, 0) is 88.1 Å². The minimum Gasteiger partial charge on any atom is -0.457 e. The molecule has 0 bridgehead atoms. The van der Waals surface area contributed by atoms with E-state index in [1.165, 1.54) is 23.4 Å². The quantitative estimate of drug-likeness (QED) is 0.189. The first-order valence-electron chi connectivity index (χ1n) is 15.1. The number of carbonyl (C=O) groups is 2. The molecular weight excluding hydrogens is 601 g/mol. The molecular formula is C33H37F3N6O4. The van der Waals surface area contributed by atoms with Crippen LogP contribution in [0.5, 0.6) is 11.5 Å². The monoisotopic (exact) mass is 638 g/mol. The lowest BCUT2D eigenvalue weighted by molar-refractivity contribution is -0.137. The molecule has 1 fully saturated rings. The van der Waals surface area contributed by atoms with Crippen LogP contribution in [0.4, 0.5) is 29.5 Å². The van der Waals surface area contributed by atoms with Crippen molar-refractivity contribution in [2.75, 3.05) is 18.4 Å². The number of hydrogen-bond acceptors (Lipinski definition) is 7. The molecule has 244 valence electrons. The van der Waals surface area contributed by atoms with E-state index in [4.69, 9.17) is 9.47 Å². The Labute approximate surface area is 264 Å². The van der Waals surface area contributed by atoms with Crippen LogP contribution in [-0.4, -0.2) is 56.2 Å². The highest BCUT2D eigenvalue weighted by Gasteiger charge is 2.37. The summed E-state index contributed by atoms with van der Waals surface area (Å²) in [5.41, 5.74) is 1.43. The maximum Gasteiger partial charge on any atom is 0.416 e. The number of fused-ring (bicyclic) bond motifs is 1. The zero-order chi connectivity index (χ0) is 33.1. The molecule has 2 N–H and O–H groups in total. The number of benzene rings is 2. The number of alkyl halides is 3. The van der Waals surface area contributed by atoms with Crippen molar-refractivity contribution in [3.05, 3.63) is 72.2 Å². The number of likely N-dealkylation sites (tertiary alicyclic amines) is 1. The Balaban J connectivity index is 1.23. The van der Waals surface area contributed by atoms with Gasteiger partial charge in [-0.25, -0.2) is 14.8 Å². The maximum atomic E-state index is 13.1. The summed E-state index contributed by atoms with van der Waals surface area (Å²) >= 11 is 0. The normalized spacial score (nSPS) is 15.2. The summed E-state index contributed by atoms with van der Waals surface area (Å²) in [6.45, 7) is 8.66. The Bertz CT molecular complexity index is 1720. The third-order valence-electron chi connectivity index (χ3n) is 8.03. The zero-order valence-corrected chi connectivity index (χ0v) is 26.1. The first kappa shape index (κ1) is 32.6. The van der Waals surface area contributed by atoms with Gasteiger partial charge in [0.25, 0.3) is 0 Å². The minimum atomic E-state index is -4.47. The summed E-state index contributed by atoms with van der Waals surface area (Å²) in [7, 11) is 0. The third-order valence-corrected chi connectivity index (χ3v) is 8.03. The van der Waals surface area contributed by atoms with E-state index >= 15 is 0 Å². The molecule has 0 saturated carbocycles. The van der Waals surface area contributed by atoms with E-state index in [9.17, 15) is 22.8 Å². The molecule has 46 heavy (non-hydrogen) atoms. The van der Waals surface area contributed by atoms with Gasteiger partial charge in [0.15, 0.2) is 5.82 Å². The van der Waals surface area contributed by atoms with Gasteiger partial charge in [-0.3, -0.25) is 9.69 Å². The zero-order valence-electron chi connectivity index (χ0n) is 26.1. The molecule has 1 saturated heterocycles. The molecule has 1 unspecified atom stereocenters. The van der Waals surface area contributed by atoms with Gasteiger partial charge < -0.3 is 24.7 Å². The maximum absolute atomic E-state index is 13.1. The fourth-order valence-electron chi connectivity index (χ4n) is 5.19. The van der Waals surface area contributed by atoms with Gasteiger partial charge in [0.1, 0.15) is 35.0 Å². The van der Waals surface area contributed by atoms with Crippen LogP contribution in [0.15, 0.2) is 61.1 Å². The molecule has 4 aromatic rings. The van der Waals surface area contributed by atoms with Crippen molar-refractivity contribution in [3.8, 4) is 11.5 Å². The number of aryl methyl sites for hydroxylation is 1. The summed E-state index contributed by atoms with van der Waals surface area (Å²) in [6.07, 6.45) is 0.337. The predicted octanol–water partition coefficient (Wildman–Crippen LogP) is 7.20. The van der Waals surface area contributed by atoms with E-state index in [1.807, 2.05) is 43.7 Å². The average molecular weight is 639 g/mol. The standard InChI is InChI=1S/C33H37F3N6O4/c1-5-32(3,4)46-31(44)42-15-7-10-26(42)30(43)37-14-17-41-16-13-25-28(41)29(39-20-38-25)40-23-11-12-27(21(2)18-23)45-24-9-6-8-22(19-24)33(34,35)36/h6,8-9,11-13,16,18-20,26H,5,7,10,14-15,17H2,1-4H3,(H,37,43)(H,38,39,40). The van der Waals surface area contributed by atoms with Crippen LogP contribution < -0.4 is 15.4 Å². The number of ether oxygens (including phenoxy) is 2. The first-order valence-corrected chi connectivity index (χ1v) is 15.1. The summed E-state index contributed by atoms with van der Waals surface area (Å²) in [5, 5.41) is 6.26. The summed E-state index contributed by atoms with van der Waals surface area (Å²) < 4.78 is 52.6. The number of hydrogen-bond donors (Lipinski definition) is 2. The Morgan fingerprint density at radius 3 is 2.63 bits per heavy atom. The Kier molecular flexibility index (Phi) is 9.40. The molecule has 2 aromatic carbocycles. The number of aromatic nitrogens is 3. The van der Waals surface area contributed by atoms with E-state index in [0.29, 0.717) is 60.8 Å². The van der Waals surface area contributed by atoms with E-state index < -0.39 is 29.5 Å². The number of rotatable bonds is 10. The van der Waals surface area contributed by atoms with Gasteiger partial charge in [-0.1, -0.05) is 13.0 Å². The smallest absolute Gasteiger partial charge is 0.416 e. The van der Waals surface area contributed by atoms with Crippen LogP contribution in [0.3, 0.4) is 0 Å². The first-order chi connectivity index (χ1) is 21.8. The van der Waals surface area contributed by atoms with Gasteiger partial charge in [0.2, 0.25) is 5.91 Å². The second-order valence-electron chi connectivity index (χ2n) is 11.8. The predicted molar refractivity (Wildman–Crippen MR) is 167 cm³/mol. The number of anilines is 2. The number of carbonyl (C=O) groups excluding carboxylic acids is 2. The van der Waals surface area contributed by atoms with Crippen molar-refractivity contribution in [2.45, 2.75) is 71.3 Å². The van der Waals surface area contributed by atoms with Crippen molar-refractivity contribution < 1.29 is 32.2 Å². The average Bonchev–Trinajstić information content (AvgIpc) is 3.67. The Morgan fingerprint density at radius 2 is 1.89 bits per heavy atom. The molecule has 1 atom stereocenters. The molecule has 2 amide bonds. The van der Waals surface area contributed by atoms with Crippen LogP contribution in [0.2, 0.25) is 0 Å². The molecule has 1 aliphatic rings.